The lowest BCUT2D eigenvalue weighted by Crippen LogP contribution is -2.17. The molecule has 0 rings (SSSR count). The number of alkyl halides is 1. The molecule has 0 heterocycles. The second-order valence-electron chi connectivity index (χ2n) is 2.03. The predicted molar refractivity (Wildman–Crippen MR) is 42.2 cm³/mol. The number of esters is 1. The van der Waals surface area contributed by atoms with E-state index in [1.807, 2.05) is 0 Å². The highest BCUT2D eigenvalue weighted by molar-refractivity contribution is 6.17. The minimum absolute atomic E-state index is 0.00460. The molecule has 0 aromatic rings. The van der Waals surface area contributed by atoms with E-state index in [4.69, 9.17) is 21.1 Å². The summed E-state index contributed by atoms with van der Waals surface area (Å²) in [6.45, 7) is 6.56. The smallest absolute Gasteiger partial charge is 0.335 e. The quantitative estimate of drug-likeness (QED) is 0.284. The van der Waals surface area contributed by atoms with Crippen LogP contribution in [0.1, 0.15) is 13.8 Å². The third-order valence-corrected chi connectivity index (χ3v) is 1.05. The number of halogens is 1. The van der Waals surface area contributed by atoms with Crippen LogP contribution in [0.5, 0.6) is 0 Å². The first kappa shape index (κ1) is 10.5. The molecule has 0 saturated heterocycles. The number of hydrogen-bond acceptors (Lipinski definition) is 3. The van der Waals surface area contributed by atoms with Crippen molar-refractivity contribution in [3.05, 3.63) is 12.2 Å². The summed E-state index contributed by atoms with van der Waals surface area (Å²) in [7, 11) is 0. The van der Waals surface area contributed by atoms with E-state index in [0.717, 1.165) is 0 Å². The molecule has 0 spiro atoms. The molecule has 0 bridgehead atoms. The molecule has 64 valence electrons. The normalized spacial score (nSPS) is 12.3. The lowest BCUT2D eigenvalue weighted by atomic mass is 10.4. The maximum Gasteiger partial charge on any atom is 0.335 e. The van der Waals surface area contributed by atoms with Crippen molar-refractivity contribution in [2.75, 3.05) is 6.07 Å². The third kappa shape index (κ3) is 4.81. The Balaban J connectivity index is 3.66. The van der Waals surface area contributed by atoms with Gasteiger partial charge in [0.1, 0.15) is 6.07 Å². The maximum absolute atomic E-state index is 10.8. The van der Waals surface area contributed by atoms with Crippen molar-refractivity contribution in [1.29, 1.82) is 0 Å². The highest BCUT2D eigenvalue weighted by Crippen LogP contribution is 1.99. The van der Waals surface area contributed by atoms with E-state index in [-0.39, 0.29) is 6.07 Å². The van der Waals surface area contributed by atoms with Gasteiger partial charge in [0.15, 0.2) is 0 Å². The zero-order valence-corrected chi connectivity index (χ0v) is 7.35. The zero-order valence-electron chi connectivity index (χ0n) is 6.59. The Labute approximate surface area is 70.9 Å². The largest absolute Gasteiger partial charge is 0.433 e. The molecule has 0 aromatic heterocycles. The lowest BCUT2D eigenvalue weighted by Gasteiger charge is -2.11. The van der Waals surface area contributed by atoms with Gasteiger partial charge in [-0.3, -0.25) is 0 Å². The molecule has 0 aromatic carbocycles. The van der Waals surface area contributed by atoms with E-state index in [9.17, 15) is 4.79 Å². The fourth-order valence-corrected chi connectivity index (χ4v) is 0.551. The fraction of sp³-hybridized carbons (Fsp3) is 0.571. The van der Waals surface area contributed by atoms with Gasteiger partial charge in [-0.05, 0) is 13.8 Å². The lowest BCUT2D eigenvalue weighted by molar-refractivity contribution is -0.166. The molecule has 4 heteroatoms. The molecule has 1 unspecified atom stereocenters. The highest BCUT2D eigenvalue weighted by Gasteiger charge is 2.08. The van der Waals surface area contributed by atoms with Crippen LogP contribution in [0.4, 0.5) is 0 Å². The summed E-state index contributed by atoms with van der Waals surface area (Å²) in [6, 6.07) is 0.00460. The van der Waals surface area contributed by atoms with Gasteiger partial charge in [0.2, 0.25) is 6.29 Å². The van der Waals surface area contributed by atoms with Crippen LogP contribution in [0, 0.1) is 0 Å². The summed E-state index contributed by atoms with van der Waals surface area (Å²) < 4.78 is 9.45. The summed E-state index contributed by atoms with van der Waals surface area (Å²) in [6.07, 6.45) is -0.614. The molecule has 0 aliphatic rings. The van der Waals surface area contributed by atoms with Crippen molar-refractivity contribution in [2.45, 2.75) is 20.1 Å². The van der Waals surface area contributed by atoms with Crippen molar-refractivity contribution in [3.63, 3.8) is 0 Å². The molecule has 0 N–H and O–H groups in total. The summed E-state index contributed by atoms with van der Waals surface area (Å²) in [5.41, 5.74) is 0.343. The number of ether oxygens (including phenoxy) is 2. The van der Waals surface area contributed by atoms with Crippen LogP contribution in [-0.2, 0) is 14.3 Å². The summed E-state index contributed by atoms with van der Waals surface area (Å²) in [5, 5.41) is 0. The number of carbonyl (C=O) groups is 1. The van der Waals surface area contributed by atoms with Crippen LogP contribution >= 0.6 is 11.6 Å². The van der Waals surface area contributed by atoms with Crippen LogP contribution in [-0.4, -0.2) is 18.3 Å². The SMILES string of the molecule is C=C(C)C(=O)OC(C)OCCl. The molecule has 11 heavy (non-hydrogen) atoms. The van der Waals surface area contributed by atoms with Gasteiger partial charge < -0.3 is 9.47 Å². The Morgan fingerprint density at radius 1 is 1.73 bits per heavy atom. The van der Waals surface area contributed by atoms with Gasteiger partial charge >= 0.3 is 5.97 Å². The van der Waals surface area contributed by atoms with E-state index in [0.29, 0.717) is 5.57 Å². The highest BCUT2D eigenvalue weighted by atomic mass is 35.5. The predicted octanol–water partition coefficient (Wildman–Crippen LogP) is 1.66. The Morgan fingerprint density at radius 2 is 2.27 bits per heavy atom. The van der Waals surface area contributed by atoms with E-state index < -0.39 is 12.3 Å². The second kappa shape index (κ2) is 5.16. The molecule has 0 radical (unpaired) electrons. The fourth-order valence-electron chi connectivity index (χ4n) is 0.374. The van der Waals surface area contributed by atoms with Gasteiger partial charge in [0.05, 0.1) is 0 Å². The Hall–Kier alpha value is -0.540. The molecule has 0 aliphatic carbocycles. The molecular formula is C7H11ClO3. The Bertz CT molecular complexity index is 156. The molecular weight excluding hydrogens is 168 g/mol. The standard InChI is InChI=1S/C7H11ClO3/c1-5(2)7(9)11-6(3)10-4-8/h6H,1,4H2,2-3H3. The number of hydrogen-bond donors (Lipinski definition) is 0. The monoisotopic (exact) mass is 178 g/mol. The van der Waals surface area contributed by atoms with Crippen molar-refractivity contribution in [2.24, 2.45) is 0 Å². The van der Waals surface area contributed by atoms with Gasteiger partial charge in [-0.1, -0.05) is 18.2 Å². The Morgan fingerprint density at radius 3 is 2.64 bits per heavy atom. The minimum Gasteiger partial charge on any atom is -0.433 e. The first-order valence-electron chi connectivity index (χ1n) is 3.12. The zero-order chi connectivity index (χ0) is 8.85. The average molecular weight is 179 g/mol. The van der Waals surface area contributed by atoms with Gasteiger partial charge in [-0.15, -0.1) is 0 Å². The molecule has 1 atom stereocenters. The van der Waals surface area contributed by atoms with Crippen LogP contribution < -0.4 is 0 Å². The Kier molecular flexibility index (Phi) is 4.90. The van der Waals surface area contributed by atoms with Crippen LogP contribution in [0.2, 0.25) is 0 Å². The molecule has 0 amide bonds. The third-order valence-electron chi connectivity index (χ3n) is 0.919. The van der Waals surface area contributed by atoms with Gasteiger partial charge in [0.25, 0.3) is 0 Å². The first-order valence-corrected chi connectivity index (χ1v) is 3.65. The van der Waals surface area contributed by atoms with E-state index >= 15 is 0 Å². The van der Waals surface area contributed by atoms with Crippen LogP contribution in [0.3, 0.4) is 0 Å². The van der Waals surface area contributed by atoms with Crippen molar-refractivity contribution in [3.8, 4) is 0 Å². The van der Waals surface area contributed by atoms with Crippen LogP contribution in [0.25, 0.3) is 0 Å². The summed E-state index contributed by atoms with van der Waals surface area (Å²) >= 11 is 5.22. The van der Waals surface area contributed by atoms with E-state index in [1.54, 1.807) is 13.8 Å². The van der Waals surface area contributed by atoms with Crippen molar-refractivity contribution in [1.82, 2.24) is 0 Å². The van der Waals surface area contributed by atoms with Crippen LogP contribution in [0.15, 0.2) is 12.2 Å². The topological polar surface area (TPSA) is 35.5 Å². The van der Waals surface area contributed by atoms with Crippen molar-refractivity contribution >= 4 is 17.6 Å². The molecule has 0 fully saturated rings. The maximum atomic E-state index is 10.8. The molecule has 0 saturated carbocycles. The number of carbonyl (C=O) groups excluding carboxylic acids is 1. The first-order chi connectivity index (χ1) is 5.07. The van der Waals surface area contributed by atoms with Gasteiger partial charge in [-0.2, -0.15) is 0 Å². The summed E-state index contributed by atoms with van der Waals surface area (Å²) in [5.74, 6) is -0.470. The van der Waals surface area contributed by atoms with E-state index in [1.165, 1.54) is 0 Å². The van der Waals surface area contributed by atoms with Gasteiger partial charge in [-0.25, -0.2) is 4.79 Å². The van der Waals surface area contributed by atoms with Gasteiger partial charge in [0, 0.05) is 5.57 Å². The number of rotatable bonds is 4. The minimum atomic E-state index is -0.614. The summed E-state index contributed by atoms with van der Waals surface area (Å²) in [4.78, 5) is 10.8. The average Bonchev–Trinajstić information content (AvgIpc) is 1.87. The second-order valence-corrected chi connectivity index (χ2v) is 2.25. The molecule has 0 aliphatic heterocycles. The molecule has 3 nitrogen and oxygen atoms in total. The van der Waals surface area contributed by atoms with E-state index in [2.05, 4.69) is 6.58 Å². The van der Waals surface area contributed by atoms with Crippen molar-refractivity contribution < 1.29 is 14.3 Å².